The standard InChI is InChI=1S/C16H18N2O/c1-11(12-9-10-12)17-16(19)18-15-8-4-6-13-5-2-3-7-14(13)15/h2-8,11-12H,9-10H2,1H3,(H2,17,18,19). The molecule has 3 heteroatoms. The number of fused-ring (bicyclic) bond motifs is 1. The highest BCUT2D eigenvalue weighted by Crippen LogP contribution is 2.32. The molecule has 0 aliphatic heterocycles. The van der Waals surface area contributed by atoms with E-state index < -0.39 is 0 Å². The third kappa shape index (κ3) is 2.70. The zero-order valence-corrected chi connectivity index (χ0v) is 11.0. The molecule has 1 aliphatic rings. The van der Waals surface area contributed by atoms with E-state index in [4.69, 9.17) is 0 Å². The fourth-order valence-corrected chi connectivity index (χ4v) is 2.41. The molecule has 0 aromatic heterocycles. The summed E-state index contributed by atoms with van der Waals surface area (Å²) in [5.41, 5.74) is 0.860. The summed E-state index contributed by atoms with van der Waals surface area (Å²) in [5.74, 6) is 0.665. The van der Waals surface area contributed by atoms with Crippen molar-refractivity contribution in [2.75, 3.05) is 5.32 Å². The fourth-order valence-electron chi connectivity index (χ4n) is 2.41. The van der Waals surface area contributed by atoms with Crippen molar-refractivity contribution in [2.24, 2.45) is 5.92 Å². The largest absolute Gasteiger partial charge is 0.335 e. The lowest BCUT2D eigenvalue weighted by Gasteiger charge is -2.14. The summed E-state index contributed by atoms with van der Waals surface area (Å²) in [5, 5.41) is 8.16. The summed E-state index contributed by atoms with van der Waals surface area (Å²) < 4.78 is 0. The Morgan fingerprint density at radius 1 is 1.16 bits per heavy atom. The Morgan fingerprint density at radius 2 is 1.89 bits per heavy atom. The van der Waals surface area contributed by atoms with Crippen LogP contribution in [0, 0.1) is 5.92 Å². The SMILES string of the molecule is CC(NC(=O)Nc1cccc2ccccc12)C1CC1. The van der Waals surface area contributed by atoms with Gasteiger partial charge in [0.2, 0.25) is 0 Å². The van der Waals surface area contributed by atoms with Gasteiger partial charge in [-0.1, -0.05) is 36.4 Å². The summed E-state index contributed by atoms with van der Waals surface area (Å²) in [6, 6.07) is 14.1. The van der Waals surface area contributed by atoms with Gasteiger partial charge < -0.3 is 10.6 Å². The van der Waals surface area contributed by atoms with Crippen LogP contribution in [0.1, 0.15) is 19.8 Å². The van der Waals surface area contributed by atoms with Crippen LogP contribution >= 0.6 is 0 Å². The number of amides is 2. The number of carbonyl (C=O) groups excluding carboxylic acids is 1. The molecule has 1 unspecified atom stereocenters. The van der Waals surface area contributed by atoms with E-state index in [2.05, 4.69) is 17.6 Å². The molecule has 0 saturated heterocycles. The molecule has 3 nitrogen and oxygen atoms in total. The number of hydrogen-bond donors (Lipinski definition) is 2. The van der Waals surface area contributed by atoms with Gasteiger partial charge in [0.15, 0.2) is 0 Å². The van der Waals surface area contributed by atoms with E-state index >= 15 is 0 Å². The topological polar surface area (TPSA) is 41.1 Å². The predicted octanol–water partition coefficient (Wildman–Crippen LogP) is 3.76. The van der Waals surface area contributed by atoms with Gasteiger partial charge in [-0.2, -0.15) is 0 Å². The van der Waals surface area contributed by atoms with Gasteiger partial charge >= 0.3 is 6.03 Å². The van der Waals surface area contributed by atoms with Crippen LogP contribution in [0.15, 0.2) is 42.5 Å². The van der Waals surface area contributed by atoms with Crippen LogP contribution in [0.3, 0.4) is 0 Å². The molecule has 1 aliphatic carbocycles. The molecular weight excluding hydrogens is 236 g/mol. The van der Waals surface area contributed by atoms with E-state index in [0.29, 0.717) is 5.92 Å². The molecule has 98 valence electrons. The molecular formula is C16H18N2O. The highest BCUT2D eigenvalue weighted by Gasteiger charge is 2.28. The van der Waals surface area contributed by atoms with Crippen LogP contribution in [0.5, 0.6) is 0 Å². The minimum absolute atomic E-state index is 0.115. The number of urea groups is 1. The molecule has 3 rings (SSSR count). The van der Waals surface area contributed by atoms with Crippen LogP contribution in [-0.4, -0.2) is 12.1 Å². The molecule has 2 amide bonds. The third-order valence-electron chi connectivity index (χ3n) is 3.73. The Hall–Kier alpha value is -2.03. The zero-order chi connectivity index (χ0) is 13.2. The molecule has 1 saturated carbocycles. The van der Waals surface area contributed by atoms with Gasteiger partial charge in [0.25, 0.3) is 0 Å². The van der Waals surface area contributed by atoms with Gasteiger partial charge in [0, 0.05) is 11.4 Å². The van der Waals surface area contributed by atoms with Crippen molar-refractivity contribution in [3.8, 4) is 0 Å². The number of benzene rings is 2. The Kier molecular flexibility index (Phi) is 3.11. The maximum Gasteiger partial charge on any atom is 0.319 e. The molecule has 2 aromatic carbocycles. The summed E-state index contributed by atoms with van der Waals surface area (Å²) in [6.07, 6.45) is 2.46. The zero-order valence-electron chi connectivity index (χ0n) is 11.0. The predicted molar refractivity (Wildman–Crippen MR) is 78.3 cm³/mol. The van der Waals surface area contributed by atoms with Crippen LogP contribution in [-0.2, 0) is 0 Å². The van der Waals surface area contributed by atoms with Crippen molar-refractivity contribution in [1.29, 1.82) is 0 Å². The van der Waals surface area contributed by atoms with Gasteiger partial charge in [0.1, 0.15) is 0 Å². The first kappa shape index (κ1) is 12.0. The first-order valence-electron chi connectivity index (χ1n) is 6.79. The van der Waals surface area contributed by atoms with E-state index in [9.17, 15) is 4.79 Å². The van der Waals surface area contributed by atoms with Crippen LogP contribution in [0.25, 0.3) is 10.8 Å². The normalized spacial score (nSPS) is 16.1. The van der Waals surface area contributed by atoms with Gasteiger partial charge in [-0.25, -0.2) is 4.79 Å². The highest BCUT2D eigenvalue weighted by atomic mass is 16.2. The maximum absolute atomic E-state index is 12.0. The van der Waals surface area contributed by atoms with Gasteiger partial charge in [-0.15, -0.1) is 0 Å². The molecule has 2 aromatic rings. The van der Waals surface area contributed by atoms with E-state index in [-0.39, 0.29) is 12.1 Å². The van der Waals surface area contributed by atoms with Crippen LogP contribution in [0.4, 0.5) is 10.5 Å². The number of nitrogens with one attached hydrogen (secondary N) is 2. The molecule has 1 fully saturated rings. The van der Waals surface area contributed by atoms with Crippen molar-refractivity contribution in [3.63, 3.8) is 0 Å². The van der Waals surface area contributed by atoms with Crippen LogP contribution < -0.4 is 10.6 Å². The second-order valence-electron chi connectivity index (χ2n) is 5.25. The number of hydrogen-bond acceptors (Lipinski definition) is 1. The Morgan fingerprint density at radius 3 is 2.68 bits per heavy atom. The van der Waals surface area contributed by atoms with E-state index in [1.807, 2.05) is 42.5 Å². The van der Waals surface area contributed by atoms with Crippen molar-refractivity contribution >= 4 is 22.5 Å². The van der Waals surface area contributed by atoms with Crippen molar-refractivity contribution in [3.05, 3.63) is 42.5 Å². The first-order chi connectivity index (χ1) is 9.24. The Bertz CT molecular complexity index is 599. The lowest BCUT2D eigenvalue weighted by atomic mass is 10.1. The van der Waals surface area contributed by atoms with Gasteiger partial charge in [-0.3, -0.25) is 0 Å². The molecule has 0 radical (unpaired) electrons. The van der Waals surface area contributed by atoms with E-state index in [0.717, 1.165) is 16.5 Å². The highest BCUT2D eigenvalue weighted by molar-refractivity contribution is 6.01. The molecule has 19 heavy (non-hydrogen) atoms. The summed E-state index contributed by atoms with van der Waals surface area (Å²) in [7, 11) is 0. The molecule has 0 heterocycles. The summed E-state index contributed by atoms with van der Waals surface area (Å²) in [6.45, 7) is 2.07. The Balaban J connectivity index is 1.75. The molecule has 2 N–H and O–H groups in total. The maximum atomic E-state index is 12.0. The van der Waals surface area contributed by atoms with Crippen molar-refractivity contribution in [2.45, 2.75) is 25.8 Å². The Labute approximate surface area is 113 Å². The number of anilines is 1. The second-order valence-corrected chi connectivity index (χ2v) is 5.25. The first-order valence-corrected chi connectivity index (χ1v) is 6.79. The van der Waals surface area contributed by atoms with E-state index in [1.165, 1.54) is 12.8 Å². The minimum Gasteiger partial charge on any atom is -0.335 e. The van der Waals surface area contributed by atoms with Crippen molar-refractivity contribution in [1.82, 2.24) is 5.32 Å². The lowest BCUT2D eigenvalue weighted by Crippen LogP contribution is -2.37. The smallest absolute Gasteiger partial charge is 0.319 e. The average molecular weight is 254 g/mol. The summed E-state index contributed by atoms with van der Waals surface area (Å²) in [4.78, 5) is 12.0. The second kappa shape index (κ2) is 4.92. The number of rotatable bonds is 3. The minimum atomic E-state index is -0.115. The lowest BCUT2D eigenvalue weighted by molar-refractivity contribution is 0.248. The molecule has 0 bridgehead atoms. The third-order valence-corrected chi connectivity index (χ3v) is 3.73. The van der Waals surface area contributed by atoms with Gasteiger partial charge in [0.05, 0.1) is 5.69 Å². The average Bonchev–Trinajstić information content (AvgIpc) is 3.23. The molecule has 0 spiro atoms. The van der Waals surface area contributed by atoms with Gasteiger partial charge in [-0.05, 0) is 37.1 Å². The molecule has 1 atom stereocenters. The quantitative estimate of drug-likeness (QED) is 0.860. The van der Waals surface area contributed by atoms with Crippen LogP contribution in [0.2, 0.25) is 0 Å². The monoisotopic (exact) mass is 254 g/mol. The summed E-state index contributed by atoms with van der Waals surface area (Å²) >= 11 is 0. The van der Waals surface area contributed by atoms with Crippen molar-refractivity contribution < 1.29 is 4.79 Å². The number of carbonyl (C=O) groups is 1. The fraction of sp³-hybridized carbons (Fsp3) is 0.312. The van der Waals surface area contributed by atoms with E-state index in [1.54, 1.807) is 0 Å².